The van der Waals surface area contributed by atoms with Crippen LogP contribution in [-0.4, -0.2) is 28.6 Å². The molecular formula is C20H26N4O2S. The Labute approximate surface area is 164 Å². The van der Waals surface area contributed by atoms with Crippen LogP contribution in [0.25, 0.3) is 0 Å². The molecule has 2 amide bonds. The number of nitrogens with one attached hydrogen (secondary N) is 1. The van der Waals surface area contributed by atoms with E-state index in [0.29, 0.717) is 11.7 Å². The zero-order chi connectivity index (χ0) is 19.8. The first-order chi connectivity index (χ1) is 12.7. The number of benzene rings is 1. The molecule has 2 aromatic rings. The SMILES string of the molecule is CCC(C)(C)c1nnc(NC(=O)[C@H]2CC(=O)N(c3ccc(C)c(C)c3)C2)s1. The average molecular weight is 387 g/mol. The van der Waals surface area contributed by atoms with Gasteiger partial charge in [-0.1, -0.05) is 38.2 Å². The zero-order valence-corrected chi connectivity index (χ0v) is 17.3. The molecule has 1 N–H and O–H groups in total. The molecule has 0 aliphatic carbocycles. The molecule has 1 aliphatic heterocycles. The molecule has 1 fully saturated rings. The van der Waals surface area contributed by atoms with E-state index in [1.807, 2.05) is 32.0 Å². The molecular weight excluding hydrogens is 360 g/mol. The Bertz CT molecular complexity index is 875. The lowest BCUT2D eigenvalue weighted by Gasteiger charge is -2.18. The number of aromatic nitrogens is 2. The third-order valence-corrected chi connectivity index (χ3v) is 6.62. The number of aryl methyl sites for hydroxylation is 2. The molecule has 144 valence electrons. The third-order valence-electron chi connectivity index (χ3n) is 5.42. The molecule has 27 heavy (non-hydrogen) atoms. The molecule has 0 saturated carbocycles. The quantitative estimate of drug-likeness (QED) is 0.847. The number of carbonyl (C=O) groups excluding carboxylic acids is 2. The van der Waals surface area contributed by atoms with Crippen molar-refractivity contribution in [1.29, 1.82) is 0 Å². The zero-order valence-electron chi connectivity index (χ0n) is 16.5. The van der Waals surface area contributed by atoms with Gasteiger partial charge in [0.2, 0.25) is 16.9 Å². The molecule has 1 aromatic heterocycles. The van der Waals surface area contributed by atoms with E-state index in [-0.39, 0.29) is 29.6 Å². The monoisotopic (exact) mass is 386 g/mol. The molecule has 6 nitrogen and oxygen atoms in total. The largest absolute Gasteiger partial charge is 0.312 e. The van der Waals surface area contributed by atoms with Gasteiger partial charge in [0.05, 0.1) is 5.92 Å². The van der Waals surface area contributed by atoms with E-state index in [4.69, 9.17) is 0 Å². The molecule has 1 atom stereocenters. The van der Waals surface area contributed by atoms with Crippen LogP contribution >= 0.6 is 11.3 Å². The van der Waals surface area contributed by atoms with E-state index >= 15 is 0 Å². The fourth-order valence-electron chi connectivity index (χ4n) is 2.93. The van der Waals surface area contributed by atoms with E-state index in [0.717, 1.165) is 22.7 Å². The van der Waals surface area contributed by atoms with Gasteiger partial charge in [-0.15, -0.1) is 10.2 Å². The van der Waals surface area contributed by atoms with Crippen molar-refractivity contribution in [3.63, 3.8) is 0 Å². The van der Waals surface area contributed by atoms with Crippen LogP contribution in [0, 0.1) is 19.8 Å². The van der Waals surface area contributed by atoms with Crippen molar-refractivity contribution in [3.05, 3.63) is 34.3 Å². The highest BCUT2D eigenvalue weighted by Gasteiger charge is 2.35. The maximum Gasteiger partial charge on any atom is 0.231 e. The number of anilines is 2. The summed E-state index contributed by atoms with van der Waals surface area (Å²) in [6.07, 6.45) is 1.16. The van der Waals surface area contributed by atoms with E-state index in [2.05, 4.69) is 36.3 Å². The number of hydrogen-bond donors (Lipinski definition) is 1. The Morgan fingerprint density at radius 2 is 2.04 bits per heavy atom. The van der Waals surface area contributed by atoms with Crippen LogP contribution in [0.15, 0.2) is 18.2 Å². The summed E-state index contributed by atoms with van der Waals surface area (Å²) in [5.74, 6) is -0.583. The Morgan fingerprint density at radius 1 is 1.30 bits per heavy atom. The minimum atomic E-state index is -0.384. The predicted octanol–water partition coefficient (Wildman–Crippen LogP) is 3.83. The van der Waals surface area contributed by atoms with Crippen molar-refractivity contribution in [2.75, 3.05) is 16.8 Å². The molecule has 1 saturated heterocycles. The summed E-state index contributed by atoms with van der Waals surface area (Å²) in [6.45, 7) is 10.8. The minimum Gasteiger partial charge on any atom is -0.312 e. The summed E-state index contributed by atoms with van der Waals surface area (Å²) in [6, 6.07) is 5.94. The number of amides is 2. The number of rotatable bonds is 5. The molecule has 0 radical (unpaired) electrons. The van der Waals surface area contributed by atoms with Crippen LogP contribution < -0.4 is 10.2 Å². The van der Waals surface area contributed by atoms with E-state index < -0.39 is 0 Å². The molecule has 0 spiro atoms. The van der Waals surface area contributed by atoms with Crippen LogP contribution in [0.4, 0.5) is 10.8 Å². The first-order valence-corrected chi connectivity index (χ1v) is 10.1. The van der Waals surface area contributed by atoms with Crippen LogP contribution in [-0.2, 0) is 15.0 Å². The average Bonchev–Trinajstić information content (AvgIpc) is 3.24. The molecule has 0 unspecified atom stereocenters. The summed E-state index contributed by atoms with van der Waals surface area (Å²) in [5, 5.41) is 12.5. The summed E-state index contributed by atoms with van der Waals surface area (Å²) in [5.41, 5.74) is 3.10. The smallest absolute Gasteiger partial charge is 0.231 e. The first-order valence-electron chi connectivity index (χ1n) is 9.23. The van der Waals surface area contributed by atoms with E-state index in [1.165, 1.54) is 16.9 Å². The summed E-state index contributed by atoms with van der Waals surface area (Å²) >= 11 is 1.40. The van der Waals surface area contributed by atoms with Crippen molar-refractivity contribution in [1.82, 2.24) is 10.2 Å². The second kappa shape index (κ2) is 7.38. The van der Waals surface area contributed by atoms with E-state index in [9.17, 15) is 9.59 Å². The van der Waals surface area contributed by atoms with Gasteiger partial charge < -0.3 is 10.2 Å². The summed E-state index contributed by atoms with van der Waals surface area (Å²) < 4.78 is 0. The number of carbonyl (C=O) groups is 2. The van der Waals surface area contributed by atoms with Crippen molar-refractivity contribution in [3.8, 4) is 0 Å². The maximum atomic E-state index is 12.6. The Hall–Kier alpha value is -2.28. The van der Waals surface area contributed by atoms with Crippen molar-refractivity contribution in [2.45, 2.75) is 52.9 Å². The van der Waals surface area contributed by atoms with Crippen LogP contribution in [0.3, 0.4) is 0 Å². The Morgan fingerprint density at radius 3 is 2.70 bits per heavy atom. The lowest BCUT2D eigenvalue weighted by molar-refractivity contribution is -0.122. The van der Waals surface area contributed by atoms with Crippen molar-refractivity contribution >= 4 is 34.0 Å². The second-order valence-corrected chi connectivity index (χ2v) is 8.79. The van der Waals surface area contributed by atoms with Crippen molar-refractivity contribution < 1.29 is 9.59 Å². The summed E-state index contributed by atoms with van der Waals surface area (Å²) in [7, 11) is 0. The fourth-order valence-corrected chi connectivity index (χ4v) is 3.85. The molecule has 2 heterocycles. The number of hydrogen-bond acceptors (Lipinski definition) is 5. The highest BCUT2D eigenvalue weighted by atomic mass is 32.1. The van der Waals surface area contributed by atoms with Gasteiger partial charge in [0.25, 0.3) is 0 Å². The molecule has 7 heteroatoms. The van der Waals surface area contributed by atoms with Crippen LogP contribution in [0.2, 0.25) is 0 Å². The number of nitrogens with zero attached hydrogens (tertiary/aromatic N) is 3. The fraction of sp³-hybridized carbons (Fsp3) is 0.500. The molecule has 1 aromatic carbocycles. The third kappa shape index (κ3) is 4.03. The van der Waals surface area contributed by atoms with Crippen LogP contribution in [0.5, 0.6) is 0 Å². The van der Waals surface area contributed by atoms with Gasteiger partial charge in [0, 0.05) is 24.1 Å². The minimum absolute atomic E-state index is 0.0246. The topological polar surface area (TPSA) is 75.2 Å². The lowest BCUT2D eigenvalue weighted by atomic mass is 9.91. The van der Waals surface area contributed by atoms with Gasteiger partial charge in [-0.3, -0.25) is 9.59 Å². The van der Waals surface area contributed by atoms with Gasteiger partial charge in [0.1, 0.15) is 5.01 Å². The van der Waals surface area contributed by atoms with Gasteiger partial charge in [-0.2, -0.15) is 0 Å². The van der Waals surface area contributed by atoms with Crippen LogP contribution in [0.1, 0.15) is 49.7 Å². The highest BCUT2D eigenvalue weighted by Crippen LogP contribution is 2.32. The van der Waals surface area contributed by atoms with Gasteiger partial charge in [-0.05, 0) is 43.5 Å². The first kappa shape index (κ1) is 19.5. The van der Waals surface area contributed by atoms with Gasteiger partial charge in [-0.25, -0.2) is 0 Å². The van der Waals surface area contributed by atoms with Gasteiger partial charge >= 0.3 is 0 Å². The standard InChI is InChI=1S/C20H26N4O2S/c1-6-20(4,5)18-22-23-19(27-18)21-17(26)14-10-16(25)24(11-14)15-8-7-12(2)13(3)9-15/h7-9,14H,6,10-11H2,1-5H3,(H,21,23,26)/t14-/m0/s1. The highest BCUT2D eigenvalue weighted by molar-refractivity contribution is 7.15. The molecule has 1 aliphatic rings. The second-order valence-electron chi connectivity index (χ2n) is 7.81. The normalized spacial score (nSPS) is 17.4. The Kier molecular flexibility index (Phi) is 5.33. The van der Waals surface area contributed by atoms with E-state index in [1.54, 1.807) is 4.90 Å². The van der Waals surface area contributed by atoms with Gasteiger partial charge in [0.15, 0.2) is 0 Å². The van der Waals surface area contributed by atoms with Crippen molar-refractivity contribution in [2.24, 2.45) is 5.92 Å². The predicted molar refractivity (Wildman–Crippen MR) is 108 cm³/mol. The molecule has 0 bridgehead atoms. The Balaban J connectivity index is 1.68. The molecule has 3 rings (SSSR count). The lowest BCUT2D eigenvalue weighted by Crippen LogP contribution is -2.28. The summed E-state index contributed by atoms with van der Waals surface area (Å²) in [4.78, 5) is 26.8. The maximum absolute atomic E-state index is 12.6.